The highest BCUT2D eigenvalue weighted by Crippen LogP contribution is 2.22. The zero-order valence-corrected chi connectivity index (χ0v) is 15.0. The predicted octanol–water partition coefficient (Wildman–Crippen LogP) is 2.80. The Labute approximate surface area is 148 Å². The van der Waals surface area contributed by atoms with Crippen molar-refractivity contribution in [1.82, 2.24) is 9.71 Å². The summed E-state index contributed by atoms with van der Waals surface area (Å²) in [6, 6.07) is 15.8. The van der Waals surface area contributed by atoms with Crippen molar-refractivity contribution in [1.29, 1.82) is 0 Å². The number of aromatic nitrogens is 1. The molecule has 0 saturated carbocycles. The SMILES string of the molecule is C=[N+](CCc1c[nH]c2ccc(CS(=O)(=O)NC)cc12)c1ccccc1. The second kappa shape index (κ2) is 7.21. The van der Waals surface area contributed by atoms with E-state index < -0.39 is 10.0 Å². The number of H-pyrrole nitrogens is 1. The fourth-order valence-corrected chi connectivity index (χ4v) is 3.60. The van der Waals surface area contributed by atoms with Crippen LogP contribution in [0.25, 0.3) is 10.9 Å². The first-order valence-electron chi connectivity index (χ1n) is 8.12. The zero-order chi connectivity index (χ0) is 17.9. The van der Waals surface area contributed by atoms with Crippen molar-refractivity contribution in [2.45, 2.75) is 12.2 Å². The molecule has 0 fully saturated rings. The van der Waals surface area contributed by atoms with E-state index in [9.17, 15) is 8.42 Å². The molecule has 6 heteroatoms. The number of nitrogens with one attached hydrogen (secondary N) is 2. The molecule has 0 bridgehead atoms. The van der Waals surface area contributed by atoms with Crippen LogP contribution in [0.15, 0.2) is 54.7 Å². The molecule has 2 aromatic carbocycles. The van der Waals surface area contributed by atoms with Crippen LogP contribution >= 0.6 is 0 Å². The van der Waals surface area contributed by atoms with Crippen molar-refractivity contribution >= 4 is 33.3 Å². The third kappa shape index (κ3) is 4.15. The molecule has 0 amide bonds. The van der Waals surface area contributed by atoms with Gasteiger partial charge >= 0.3 is 0 Å². The molecule has 2 N–H and O–H groups in total. The summed E-state index contributed by atoms with van der Waals surface area (Å²) in [7, 11) is -1.84. The molecule has 3 aromatic rings. The maximum absolute atomic E-state index is 11.8. The Morgan fingerprint density at radius 3 is 2.64 bits per heavy atom. The van der Waals surface area contributed by atoms with Gasteiger partial charge in [-0.15, -0.1) is 0 Å². The van der Waals surface area contributed by atoms with Gasteiger partial charge in [0.05, 0.1) is 5.75 Å². The maximum Gasteiger partial charge on any atom is 0.215 e. The Kier molecular flexibility index (Phi) is 5.01. The minimum Gasteiger partial charge on any atom is -0.361 e. The number of para-hydroxylation sites is 1. The first kappa shape index (κ1) is 17.4. The van der Waals surface area contributed by atoms with Gasteiger partial charge in [0.2, 0.25) is 15.7 Å². The molecule has 0 aliphatic heterocycles. The minimum absolute atomic E-state index is 0.0183. The molecule has 130 valence electrons. The second-order valence-electron chi connectivity index (χ2n) is 6.01. The van der Waals surface area contributed by atoms with Crippen LogP contribution in [0.4, 0.5) is 5.69 Å². The summed E-state index contributed by atoms with van der Waals surface area (Å²) < 4.78 is 27.9. The molecule has 3 rings (SSSR count). The molecule has 25 heavy (non-hydrogen) atoms. The van der Waals surface area contributed by atoms with Crippen LogP contribution in [0.2, 0.25) is 0 Å². The van der Waals surface area contributed by atoms with Gasteiger partial charge in [-0.05, 0) is 30.3 Å². The standard InChI is InChI=1S/C19H22N3O2S/c1-20-25(23,24)14-15-8-9-19-18(12-15)16(13-21-19)10-11-22(2)17-6-4-3-5-7-17/h3-9,12-13,20-21H,2,10-11,14H2,1H3/q+1. The van der Waals surface area contributed by atoms with Crippen molar-refractivity contribution in [3.05, 3.63) is 65.9 Å². The van der Waals surface area contributed by atoms with Gasteiger partial charge in [0.1, 0.15) is 6.72 Å². The van der Waals surface area contributed by atoms with E-state index in [4.69, 9.17) is 0 Å². The topological polar surface area (TPSA) is 65.0 Å². The van der Waals surface area contributed by atoms with E-state index in [2.05, 4.69) is 16.4 Å². The average Bonchev–Trinajstić information content (AvgIpc) is 3.02. The summed E-state index contributed by atoms with van der Waals surface area (Å²) in [6.45, 7) is 4.87. The fraction of sp³-hybridized carbons (Fsp3) is 0.211. The van der Waals surface area contributed by atoms with Crippen molar-refractivity contribution < 1.29 is 13.0 Å². The lowest BCUT2D eigenvalue weighted by atomic mass is 10.1. The Bertz CT molecular complexity index is 992. The van der Waals surface area contributed by atoms with E-state index in [1.54, 1.807) is 0 Å². The van der Waals surface area contributed by atoms with Crippen LogP contribution in [0.1, 0.15) is 11.1 Å². The molecule has 0 aliphatic rings. The fourth-order valence-electron chi connectivity index (χ4n) is 2.84. The molecule has 1 heterocycles. The van der Waals surface area contributed by atoms with E-state index in [1.165, 1.54) is 7.05 Å². The summed E-state index contributed by atoms with van der Waals surface area (Å²) in [4.78, 5) is 3.25. The van der Waals surface area contributed by atoms with Crippen molar-refractivity contribution in [3.8, 4) is 0 Å². The molecule has 0 radical (unpaired) electrons. The smallest absolute Gasteiger partial charge is 0.215 e. The number of hydrogen-bond acceptors (Lipinski definition) is 2. The highest BCUT2D eigenvalue weighted by Gasteiger charge is 2.12. The Hall–Kier alpha value is -2.44. The van der Waals surface area contributed by atoms with Gasteiger partial charge in [-0.3, -0.25) is 0 Å². The van der Waals surface area contributed by atoms with Crippen molar-refractivity contribution in [2.24, 2.45) is 0 Å². The normalized spacial score (nSPS) is 11.7. The lowest BCUT2D eigenvalue weighted by Crippen LogP contribution is -2.20. The molecular weight excluding hydrogens is 334 g/mol. The Balaban J connectivity index is 1.79. The quantitative estimate of drug-likeness (QED) is 0.505. The molecule has 5 nitrogen and oxygen atoms in total. The lowest BCUT2D eigenvalue weighted by molar-refractivity contribution is -0.430. The van der Waals surface area contributed by atoms with Crippen LogP contribution in [-0.2, 0) is 22.2 Å². The largest absolute Gasteiger partial charge is 0.361 e. The van der Waals surface area contributed by atoms with Crippen LogP contribution in [0.3, 0.4) is 0 Å². The van der Waals surface area contributed by atoms with E-state index in [0.717, 1.165) is 40.7 Å². The highest BCUT2D eigenvalue weighted by atomic mass is 32.2. The molecule has 0 spiro atoms. The number of rotatable bonds is 7. The van der Waals surface area contributed by atoms with Gasteiger partial charge in [-0.2, -0.15) is 0 Å². The number of fused-ring (bicyclic) bond motifs is 1. The van der Waals surface area contributed by atoms with Gasteiger partial charge in [0.15, 0.2) is 6.54 Å². The number of aromatic amines is 1. The van der Waals surface area contributed by atoms with Crippen molar-refractivity contribution in [2.75, 3.05) is 13.6 Å². The van der Waals surface area contributed by atoms with Gasteiger partial charge in [0, 0.05) is 35.7 Å². The first-order chi connectivity index (χ1) is 12.0. The summed E-state index contributed by atoms with van der Waals surface area (Å²) in [5.41, 5.74) is 4.01. The van der Waals surface area contributed by atoms with E-state index in [-0.39, 0.29) is 5.75 Å². The molecular formula is C19H22N3O2S+. The van der Waals surface area contributed by atoms with Gasteiger partial charge in [0.25, 0.3) is 0 Å². The lowest BCUT2D eigenvalue weighted by Gasteiger charge is -2.04. The van der Waals surface area contributed by atoms with Gasteiger partial charge < -0.3 is 4.98 Å². The monoisotopic (exact) mass is 356 g/mol. The minimum atomic E-state index is -3.28. The van der Waals surface area contributed by atoms with Crippen molar-refractivity contribution in [3.63, 3.8) is 0 Å². The van der Waals surface area contributed by atoms with Crippen LogP contribution in [0.5, 0.6) is 0 Å². The van der Waals surface area contributed by atoms with Crippen LogP contribution in [-0.4, -0.2) is 38.3 Å². The molecule has 0 unspecified atom stereocenters. The Morgan fingerprint density at radius 2 is 1.92 bits per heavy atom. The number of sulfonamides is 1. The van der Waals surface area contributed by atoms with Crippen LogP contribution in [0, 0.1) is 0 Å². The van der Waals surface area contributed by atoms with E-state index >= 15 is 0 Å². The maximum atomic E-state index is 11.8. The van der Waals surface area contributed by atoms with E-state index in [1.807, 2.05) is 59.3 Å². The number of nitrogens with zero attached hydrogens (tertiary/aromatic N) is 1. The predicted molar refractivity (Wildman–Crippen MR) is 102 cm³/mol. The highest BCUT2D eigenvalue weighted by molar-refractivity contribution is 7.88. The molecule has 0 atom stereocenters. The number of benzene rings is 2. The average molecular weight is 356 g/mol. The summed E-state index contributed by atoms with van der Waals surface area (Å²) >= 11 is 0. The van der Waals surface area contributed by atoms with Gasteiger partial charge in [-0.1, -0.05) is 24.3 Å². The summed E-state index contributed by atoms with van der Waals surface area (Å²) in [6.07, 6.45) is 2.81. The van der Waals surface area contributed by atoms with Crippen LogP contribution < -0.4 is 4.72 Å². The second-order valence-corrected chi connectivity index (χ2v) is 7.93. The Morgan fingerprint density at radius 1 is 1.16 bits per heavy atom. The third-order valence-electron chi connectivity index (χ3n) is 4.27. The third-order valence-corrected chi connectivity index (χ3v) is 5.61. The molecule has 1 aromatic heterocycles. The van der Waals surface area contributed by atoms with Gasteiger partial charge in [-0.25, -0.2) is 17.7 Å². The molecule has 0 saturated heterocycles. The van der Waals surface area contributed by atoms with E-state index in [0.29, 0.717) is 0 Å². The zero-order valence-electron chi connectivity index (χ0n) is 14.2. The molecule has 0 aliphatic carbocycles. The summed E-state index contributed by atoms with van der Waals surface area (Å²) in [5, 5.41) is 1.06. The first-order valence-corrected chi connectivity index (χ1v) is 9.77. The summed E-state index contributed by atoms with van der Waals surface area (Å²) in [5.74, 6) is -0.0183. The number of hydrogen-bond donors (Lipinski definition) is 2.